The molecule has 0 radical (unpaired) electrons. The maximum absolute atomic E-state index is 11.5. The summed E-state index contributed by atoms with van der Waals surface area (Å²) in [7, 11) is 0. The maximum atomic E-state index is 11.5. The molecule has 0 bridgehead atoms. The van der Waals surface area contributed by atoms with Gasteiger partial charge >= 0.3 is 0 Å². The molecule has 8 nitrogen and oxygen atoms in total. The number of carbonyl (C=O) groups excluding carboxylic acids is 1. The smallest absolute Gasteiger partial charge is 0.248 e. The molecule has 1 atom stereocenters. The predicted octanol–water partition coefficient (Wildman–Crippen LogP) is 2.48. The van der Waals surface area contributed by atoms with E-state index in [2.05, 4.69) is 51.7 Å². The number of primary amides is 1. The molecule has 8 heteroatoms. The van der Waals surface area contributed by atoms with Crippen molar-refractivity contribution in [2.75, 3.05) is 23.7 Å². The molecule has 0 aliphatic carbocycles. The normalized spacial score (nSPS) is 16.8. The summed E-state index contributed by atoms with van der Waals surface area (Å²) < 4.78 is 0. The zero-order valence-electron chi connectivity index (χ0n) is 17.0. The molecular formula is C20H29N7O. The van der Waals surface area contributed by atoms with Crippen LogP contribution in [0.5, 0.6) is 0 Å². The Kier molecular flexibility index (Phi) is 5.79. The summed E-state index contributed by atoms with van der Waals surface area (Å²) in [4.78, 5) is 25.4. The van der Waals surface area contributed by atoms with E-state index >= 15 is 0 Å². The topological polar surface area (TPSA) is 118 Å². The fourth-order valence-corrected chi connectivity index (χ4v) is 2.95. The molecule has 1 saturated heterocycles. The summed E-state index contributed by atoms with van der Waals surface area (Å²) in [5.41, 5.74) is 7.38. The lowest BCUT2D eigenvalue weighted by molar-refractivity contribution is 0.100. The summed E-state index contributed by atoms with van der Waals surface area (Å²) in [6.07, 6.45) is 1.93. The molecule has 3 rings (SSSR count). The van der Waals surface area contributed by atoms with Gasteiger partial charge in [-0.1, -0.05) is 26.8 Å². The number of nitrogens with zero attached hydrogens (tertiary/aromatic N) is 3. The minimum Gasteiger partial charge on any atom is -0.366 e. The third-order valence-electron chi connectivity index (χ3n) is 5.29. The van der Waals surface area contributed by atoms with Crippen LogP contribution in [0.25, 0.3) is 0 Å². The van der Waals surface area contributed by atoms with Crippen LogP contribution in [0.4, 0.5) is 17.6 Å². The van der Waals surface area contributed by atoms with Crippen LogP contribution in [0.15, 0.2) is 18.2 Å². The molecule has 1 amide bonds. The van der Waals surface area contributed by atoms with Crippen molar-refractivity contribution < 1.29 is 4.79 Å². The highest BCUT2D eigenvalue weighted by atomic mass is 16.1. The van der Waals surface area contributed by atoms with Crippen LogP contribution in [-0.2, 0) is 5.41 Å². The molecular weight excluding hydrogens is 354 g/mol. The first-order valence-electron chi connectivity index (χ1n) is 9.70. The first kappa shape index (κ1) is 20.0. The molecule has 2 heterocycles. The predicted molar refractivity (Wildman–Crippen MR) is 111 cm³/mol. The Labute approximate surface area is 165 Å². The minimum atomic E-state index is -0.470. The van der Waals surface area contributed by atoms with Crippen molar-refractivity contribution in [1.82, 2.24) is 20.3 Å². The lowest BCUT2D eigenvalue weighted by Crippen LogP contribution is -2.26. The number of nitrogens with one attached hydrogen (secondary N) is 3. The summed E-state index contributed by atoms with van der Waals surface area (Å²) in [5.74, 6) is 1.27. The van der Waals surface area contributed by atoms with Crippen LogP contribution in [0, 0.1) is 6.92 Å². The summed E-state index contributed by atoms with van der Waals surface area (Å²) >= 11 is 0. The molecule has 1 aromatic carbocycles. The van der Waals surface area contributed by atoms with Crippen molar-refractivity contribution in [3.05, 3.63) is 35.2 Å². The standard InChI is InChI=1S/C20H29N7O/c1-5-20(3,4)17-25-18(23-14-8-9-22-11-14)27-19(26-17)24-15-10-13(16(21)28)7-6-12(15)2/h6-7,10,14,22H,5,8-9,11H2,1-4H3,(H2,21,28)(H2,23,24,25,26,27)/t14-/m0/s1. The van der Waals surface area contributed by atoms with Crippen LogP contribution in [0.1, 0.15) is 55.4 Å². The Hall–Kier alpha value is -2.74. The Bertz CT molecular complexity index is 860. The van der Waals surface area contributed by atoms with Crippen molar-refractivity contribution in [2.45, 2.75) is 52.0 Å². The van der Waals surface area contributed by atoms with Crippen molar-refractivity contribution in [3.8, 4) is 0 Å². The van der Waals surface area contributed by atoms with Gasteiger partial charge in [0.1, 0.15) is 5.82 Å². The molecule has 1 aliphatic rings. The van der Waals surface area contributed by atoms with Crippen molar-refractivity contribution in [3.63, 3.8) is 0 Å². The third-order valence-corrected chi connectivity index (χ3v) is 5.29. The van der Waals surface area contributed by atoms with Gasteiger partial charge in [0, 0.05) is 29.3 Å². The van der Waals surface area contributed by atoms with Gasteiger partial charge in [-0.15, -0.1) is 0 Å². The summed E-state index contributed by atoms with van der Waals surface area (Å²) in [6, 6.07) is 5.58. The Balaban J connectivity index is 1.96. The lowest BCUT2D eigenvalue weighted by Gasteiger charge is -2.23. The average molecular weight is 384 g/mol. The van der Waals surface area contributed by atoms with Crippen molar-refractivity contribution in [1.29, 1.82) is 0 Å². The third kappa shape index (κ3) is 4.56. The van der Waals surface area contributed by atoms with E-state index in [1.165, 1.54) is 0 Å². The van der Waals surface area contributed by atoms with Gasteiger partial charge in [0.2, 0.25) is 17.8 Å². The molecule has 2 aromatic rings. The van der Waals surface area contributed by atoms with Gasteiger partial charge in [0.25, 0.3) is 0 Å². The molecule has 0 unspecified atom stereocenters. The fraction of sp³-hybridized carbons (Fsp3) is 0.500. The van der Waals surface area contributed by atoms with E-state index in [9.17, 15) is 4.79 Å². The molecule has 0 spiro atoms. The minimum absolute atomic E-state index is 0.187. The van der Waals surface area contributed by atoms with Gasteiger partial charge in [-0.2, -0.15) is 15.0 Å². The van der Waals surface area contributed by atoms with Crippen LogP contribution in [-0.4, -0.2) is 40.0 Å². The fourth-order valence-electron chi connectivity index (χ4n) is 2.95. The van der Waals surface area contributed by atoms with Gasteiger partial charge in [0.15, 0.2) is 0 Å². The summed E-state index contributed by atoms with van der Waals surface area (Å²) in [6.45, 7) is 10.2. The van der Waals surface area contributed by atoms with Crippen LogP contribution in [0.2, 0.25) is 0 Å². The number of hydrogen-bond acceptors (Lipinski definition) is 7. The molecule has 28 heavy (non-hydrogen) atoms. The molecule has 150 valence electrons. The van der Waals surface area contributed by atoms with E-state index in [4.69, 9.17) is 5.73 Å². The van der Waals surface area contributed by atoms with E-state index < -0.39 is 5.91 Å². The molecule has 1 aromatic heterocycles. The molecule has 0 saturated carbocycles. The number of nitrogens with two attached hydrogens (primary N) is 1. The Morgan fingerprint density at radius 2 is 2.04 bits per heavy atom. The monoisotopic (exact) mass is 383 g/mol. The zero-order chi connectivity index (χ0) is 20.3. The number of aromatic nitrogens is 3. The SMILES string of the molecule is CCC(C)(C)c1nc(Nc2cc(C(N)=O)ccc2C)nc(N[C@H]2CCNC2)n1. The average Bonchev–Trinajstić information content (AvgIpc) is 3.16. The van der Waals surface area contributed by atoms with E-state index in [1.807, 2.05) is 13.0 Å². The highest BCUT2D eigenvalue weighted by molar-refractivity contribution is 5.94. The number of carbonyl (C=O) groups is 1. The molecule has 5 N–H and O–H groups in total. The highest BCUT2D eigenvalue weighted by Gasteiger charge is 2.25. The Morgan fingerprint density at radius 3 is 2.68 bits per heavy atom. The second-order valence-corrected chi connectivity index (χ2v) is 7.90. The Morgan fingerprint density at radius 1 is 1.29 bits per heavy atom. The van der Waals surface area contributed by atoms with Gasteiger partial charge in [-0.05, 0) is 44.0 Å². The van der Waals surface area contributed by atoms with Crippen LogP contribution >= 0.6 is 0 Å². The molecule has 1 fully saturated rings. The van der Waals surface area contributed by atoms with Gasteiger partial charge in [-0.3, -0.25) is 4.79 Å². The second kappa shape index (κ2) is 8.10. The first-order chi connectivity index (χ1) is 13.3. The van der Waals surface area contributed by atoms with Gasteiger partial charge in [-0.25, -0.2) is 0 Å². The van der Waals surface area contributed by atoms with Gasteiger partial charge < -0.3 is 21.7 Å². The second-order valence-electron chi connectivity index (χ2n) is 7.90. The highest BCUT2D eigenvalue weighted by Crippen LogP contribution is 2.27. The number of rotatable bonds is 7. The summed E-state index contributed by atoms with van der Waals surface area (Å²) in [5, 5.41) is 9.99. The lowest BCUT2D eigenvalue weighted by atomic mass is 9.89. The van der Waals surface area contributed by atoms with Gasteiger partial charge in [0.05, 0.1) is 0 Å². The number of benzene rings is 1. The number of amides is 1. The van der Waals surface area contributed by atoms with Crippen molar-refractivity contribution in [2.24, 2.45) is 5.73 Å². The maximum Gasteiger partial charge on any atom is 0.248 e. The van der Waals surface area contributed by atoms with Crippen LogP contribution in [0.3, 0.4) is 0 Å². The van der Waals surface area contributed by atoms with E-state index in [-0.39, 0.29) is 5.41 Å². The molecule has 1 aliphatic heterocycles. The number of aryl methyl sites for hydroxylation is 1. The first-order valence-corrected chi connectivity index (χ1v) is 9.70. The number of hydrogen-bond donors (Lipinski definition) is 4. The zero-order valence-corrected chi connectivity index (χ0v) is 17.0. The van der Waals surface area contributed by atoms with Crippen molar-refractivity contribution >= 4 is 23.5 Å². The van der Waals surface area contributed by atoms with E-state index in [0.29, 0.717) is 23.5 Å². The largest absolute Gasteiger partial charge is 0.366 e. The van der Waals surface area contributed by atoms with E-state index in [1.54, 1.807) is 12.1 Å². The van der Waals surface area contributed by atoms with E-state index in [0.717, 1.165) is 43.0 Å². The number of anilines is 3. The van der Waals surface area contributed by atoms with Crippen LogP contribution < -0.4 is 21.7 Å². The quantitative estimate of drug-likeness (QED) is 0.580.